The topological polar surface area (TPSA) is 40.9 Å². The van der Waals surface area contributed by atoms with Gasteiger partial charge in [-0.2, -0.15) is 5.26 Å². The molecule has 5 heteroatoms. The number of carbonyl (C=O) groups excluding carboxylic acids is 1. The summed E-state index contributed by atoms with van der Waals surface area (Å²) >= 11 is 17.8. The Morgan fingerprint density at radius 3 is 2.29 bits per heavy atom. The second kappa shape index (κ2) is 5.27. The van der Waals surface area contributed by atoms with Crippen LogP contribution in [-0.4, -0.2) is 5.78 Å². The highest BCUT2D eigenvalue weighted by Crippen LogP contribution is 2.37. The van der Waals surface area contributed by atoms with E-state index >= 15 is 0 Å². The van der Waals surface area contributed by atoms with Gasteiger partial charge in [-0.1, -0.05) is 34.8 Å². The first-order valence-corrected chi connectivity index (χ1v) is 5.99. The van der Waals surface area contributed by atoms with Crippen molar-refractivity contribution in [1.29, 1.82) is 5.26 Å². The van der Waals surface area contributed by atoms with Crippen molar-refractivity contribution in [2.75, 3.05) is 0 Å². The van der Waals surface area contributed by atoms with Gasteiger partial charge in [0.15, 0.2) is 0 Å². The molecule has 1 atom stereocenters. The molecule has 0 aliphatic carbocycles. The lowest BCUT2D eigenvalue weighted by atomic mass is 9.80. The summed E-state index contributed by atoms with van der Waals surface area (Å²) in [6.07, 6.45) is 0.0845. The maximum atomic E-state index is 11.2. The number of Topliss-reactive ketones (excluding diaryl/α,β-unsaturated/α-hetero) is 1. The summed E-state index contributed by atoms with van der Waals surface area (Å²) in [6, 6.07) is 5.13. The lowest BCUT2D eigenvalue weighted by Gasteiger charge is -2.22. The summed E-state index contributed by atoms with van der Waals surface area (Å²) in [7, 11) is 0. The molecule has 0 N–H and O–H groups in total. The fourth-order valence-electron chi connectivity index (χ4n) is 1.64. The van der Waals surface area contributed by atoms with Crippen LogP contribution in [0.3, 0.4) is 0 Å². The van der Waals surface area contributed by atoms with Gasteiger partial charge in [-0.15, -0.1) is 0 Å². The molecule has 0 aliphatic heterocycles. The van der Waals surface area contributed by atoms with Gasteiger partial charge in [-0.05, 0) is 31.5 Å². The molecule has 0 saturated carbocycles. The van der Waals surface area contributed by atoms with Crippen LogP contribution in [0.4, 0.5) is 0 Å². The van der Waals surface area contributed by atoms with Gasteiger partial charge in [0.2, 0.25) is 0 Å². The number of hydrogen-bond acceptors (Lipinski definition) is 2. The zero-order chi connectivity index (χ0) is 13.2. The van der Waals surface area contributed by atoms with Crippen LogP contribution in [0.5, 0.6) is 0 Å². The Bertz CT molecular complexity index is 507. The molecular weight excluding hydrogens is 280 g/mol. The number of hydrogen-bond donors (Lipinski definition) is 0. The molecule has 1 unspecified atom stereocenters. The second-order valence-electron chi connectivity index (χ2n) is 4.07. The molecule has 90 valence electrons. The van der Waals surface area contributed by atoms with E-state index < -0.39 is 5.41 Å². The third kappa shape index (κ3) is 3.13. The van der Waals surface area contributed by atoms with Crippen molar-refractivity contribution in [3.8, 4) is 6.07 Å². The van der Waals surface area contributed by atoms with Crippen LogP contribution in [0.15, 0.2) is 12.1 Å². The van der Waals surface area contributed by atoms with Gasteiger partial charge in [0.05, 0.1) is 21.5 Å². The van der Waals surface area contributed by atoms with Crippen molar-refractivity contribution < 1.29 is 4.79 Å². The number of benzene rings is 1. The van der Waals surface area contributed by atoms with Crippen LogP contribution < -0.4 is 0 Å². The van der Waals surface area contributed by atoms with E-state index in [1.165, 1.54) is 13.0 Å². The van der Waals surface area contributed by atoms with Crippen LogP contribution in [0.1, 0.15) is 25.8 Å². The van der Waals surface area contributed by atoms with E-state index in [2.05, 4.69) is 6.07 Å². The van der Waals surface area contributed by atoms with Gasteiger partial charge < -0.3 is 0 Å². The lowest BCUT2D eigenvalue weighted by Crippen LogP contribution is -2.23. The van der Waals surface area contributed by atoms with E-state index in [1.807, 2.05) is 0 Å². The van der Waals surface area contributed by atoms with E-state index in [0.29, 0.717) is 20.6 Å². The third-order valence-corrected chi connectivity index (χ3v) is 3.49. The molecule has 0 radical (unpaired) electrons. The molecular formula is C12H10Cl3NO. The maximum Gasteiger partial charge on any atom is 0.131 e. The highest BCUT2D eigenvalue weighted by Gasteiger charge is 2.31. The van der Waals surface area contributed by atoms with Gasteiger partial charge in [0.25, 0.3) is 0 Å². The smallest absolute Gasteiger partial charge is 0.131 e. The van der Waals surface area contributed by atoms with E-state index in [0.717, 1.165) is 0 Å². The number of carbonyl (C=O) groups is 1. The van der Waals surface area contributed by atoms with Crippen molar-refractivity contribution >= 4 is 40.6 Å². The van der Waals surface area contributed by atoms with Gasteiger partial charge in [0, 0.05) is 11.4 Å². The van der Waals surface area contributed by atoms with E-state index in [9.17, 15) is 10.1 Å². The quantitative estimate of drug-likeness (QED) is 0.774. The average Bonchev–Trinajstić information content (AvgIpc) is 2.22. The number of halogens is 3. The van der Waals surface area contributed by atoms with Crippen LogP contribution in [0, 0.1) is 11.3 Å². The fraction of sp³-hybridized carbons (Fsp3) is 0.333. The summed E-state index contributed by atoms with van der Waals surface area (Å²) in [4.78, 5) is 11.2. The van der Waals surface area contributed by atoms with E-state index in [1.54, 1.807) is 13.0 Å². The average molecular weight is 291 g/mol. The molecule has 0 aliphatic rings. The molecule has 1 aromatic rings. The number of rotatable bonds is 3. The van der Waals surface area contributed by atoms with Gasteiger partial charge in [0.1, 0.15) is 5.78 Å². The zero-order valence-corrected chi connectivity index (χ0v) is 11.6. The highest BCUT2D eigenvalue weighted by molar-refractivity contribution is 6.43. The third-order valence-electron chi connectivity index (χ3n) is 2.45. The summed E-state index contributed by atoms with van der Waals surface area (Å²) in [5.74, 6) is -0.0869. The molecule has 0 bridgehead atoms. The maximum absolute atomic E-state index is 11.2. The van der Waals surface area contributed by atoms with E-state index in [4.69, 9.17) is 34.8 Å². The molecule has 2 nitrogen and oxygen atoms in total. The van der Waals surface area contributed by atoms with Gasteiger partial charge in [-0.3, -0.25) is 4.79 Å². The highest BCUT2D eigenvalue weighted by atomic mass is 35.5. The normalized spacial score (nSPS) is 13.9. The van der Waals surface area contributed by atoms with Crippen molar-refractivity contribution in [3.05, 3.63) is 32.8 Å². The Hall–Kier alpha value is -0.750. The summed E-state index contributed by atoms with van der Waals surface area (Å²) in [5.41, 5.74) is -0.469. The lowest BCUT2D eigenvalue weighted by molar-refractivity contribution is -0.117. The minimum Gasteiger partial charge on any atom is -0.300 e. The fourth-order valence-corrected chi connectivity index (χ4v) is 2.39. The Morgan fingerprint density at radius 1 is 1.29 bits per heavy atom. The Kier molecular flexibility index (Phi) is 4.43. The first-order valence-electron chi connectivity index (χ1n) is 4.86. The predicted molar refractivity (Wildman–Crippen MR) is 69.7 cm³/mol. The molecule has 1 aromatic carbocycles. The molecule has 0 amide bonds. The Morgan fingerprint density at radius 2 is 1.82 bits per heavy atom. The van der Waals surface area contributed by atoms with Crippen molar-refractivity contribution in [1.82, 2.24) is 0 Å². The Balaban J connectivity index is 3.36. The minimum absolute atomic E-state index is 0.0845. The predicted octanol–water partition coefficient (Wildman–Crippen LogP) is 4.41. The molecule has 0 fully saturated rings. The van der Waals surface area contributed by atoms with Crippen molar-refractivity contribution in [2.24, 2.45) is 0 Å². The standard InChI is InChI=1S/C12H10Cl3NO/c1-7(17)5-12(2,6-16)8-3-10(14)11(15)4-9(8)13/h3-4H,5H2,1-2H3. The van der Waals surface area contributed by atoms with Crippen LogP contribution in [0.2, 0.25) is 15.1 Å². The molecule has 1 rings (SSSR count). The number of nitriles is 1. The van der Waals surface area contributed by atoms with Gasteiger partial charge >= 0.3 is 0 Å². The van der Waals surface area contributed by atoms with Crippen molar-refractivity contribution in [3.63, 3.8) is 0 Å². The largest absolute Gasteiger partial charge is 0.300 e. The molecule has 0 aromatic heterocycles. The van der Waals surface area contributed by atoms with Crippen molar-refractivity contribution in [2.45, 2.75) is 25.7 Å². The van der Waals surface area contributed by atoms with Crippen LogP contribution in [0.25, 0.3) is 0 Å². The SMILES string of the molecule is CC(=O)CC(C)(C#N)c1cc(Cl)c(Cl)cc1Cl. The molecule has 0 spiro atoms. The molecule has 17 heavy (non-hydrogen) atoms. The summed E-state index contributed by atoms with van der Waals surface area (Å²) in [5, 5.41) is 10.2. The van der Waals surface area contributed by atoms with E-state index in [-0.39, 0.29) is 12.2 Å². The Labute approximate surface area is 115 Å². The second-order valence-corrected chi connectivity index (χ2v) is 5.29. The molecule has 0 saturated heterocycles. The number of ketones is 1. The number of nitrogens with zero attached hydrogens (tertiary/aromatic N) is 1. The summed E-state index contributed by atoms with van der Waals surface area (Å²) in [6.45, 7) is 3.08. The minimum atomic E-state index is -0.989. The van der Waals surface area contributed by atoms with Gasteiger partial charge in [-0.25, -0.2) is 0 Å². The monoisotopic (exact) mass is 289 g/mol. The summed E-state index contributed by atoms with van der Waals surface area (Å²) < 4.78 is 0. The molecule has 0 heterocycles. The first-order chi connectivity index (χ1) is 7.80. The van der Waals surface area contributed by atoms with Crippen LogP contribution >= 0.6 is 34.8 Å². The first kappa shape index (κ1) is 14.3. The van der Waals surface area contributed by atoms with Crippen LogP contribution in [-0.2, 0) is 10.2 Å². The zero-order valence-electron chi connectivity index (χ0n) is 9.35.